The molecule has 16 heavy (non-hydrogen) atoms. The molecule has 1 aliphatic heterocycles. The summed E-state index contributed by atoms with van der Waals surface area (Å²) >= 11 is 0. The second-order valence-electron chi connectivity index (χ2n) is 5.21. The first-order chi connectivity index (χ1) is 7.64. The lowest BCUT2D eigenvalue weighted by Gasteiger charge is -2.37. The smallest absolute Gasteiger partial charge is 0.227 e. The lowest BCUT2D eigenvalue weighted by Crippen LogP contribution is -2.52. The van der Waals surface area contributed by atoms with E-state index in [9.17, 15) is 4.79 Å². The first kappa shape index (κ1) is 11.9. The second kappa shape index (κ2) is 4.72. The number of ether oxygens (including phenoxy) is 1. The highest BCUT2D eigenvalue weighted by atomic mass is 16.5. The first-order valence-electron chi connectivity index (χ1n) is 6.27. The van der Waals surface area contributed by atoms with E-state index in [1.54, 1.807) is 0 Å². The molecule has 0 radical (unpaired) electrons. The summed E-state index contributed by atoms with van der Waals surface area (Å²) in [5.74, 6) is 0.206. The Morgan fingerprint density at radius 1 is 1.56 bits per heavy atom. The molecule has 1 saturated heterocycles. The van der Waals surface area contributed by atoms with E-state index in [4.69, 9.17) is 4.74 Å². The predicted molar refractivity (Wildman–Crippen MR) is 62.2 cm³/mol. The summed E-state index contributed by atoms with van der Waals surface area (Å²) < 4.78 is 5.48. The summed E-state index contributed by atoms with van der Waals surface area (Å²) in [5, 5.41) is 6.37. The zero-order chi connectivity index (χ0) is 11.6. The molecule has 0 aromatic rings. The Labute approximate surface area is 97.1 Å². The van der Waals surface area contributed by atoms with Gasteiger partial charge in [-0.3, -0.25) is 4.79 Å². The van der Waals surface area contributed by atoms with E-state index in [2.05, 4.69) is 10.6 Å². The van der Waals surface area contributed by atoms with Crippen molar-refractivity contribution in [2.45, 2.75) is 45.3 Å². The van der Waals surface area contributed by atoms with Crippen LogP contribution in [0.25, 0.3) is 0 Å². The Hall–Kier alpha value is -0.610. The molecule has 2 N–H and O–H groups in total. The average molecular weight is 226 g/mol. The Kier molecular flexibility index (Phi) is 3.50. The Morgan fingerprint density at radius 3 is 2.88 bits per heavy atom. The van der Waals surface area contributed by atoms with Gasteiger partial charge in [-0.2, -0.15) is 0 Å². The average Bonchev–Trinajstić information content (AvgIpc) is 2.63. The molecule has 2 aliphatic rings. The van der Waals surface area contributed by atoms with Crippen LogP contribution in [0.15, 0.2) is 0 Å². The normalized spacial score (nSPS) is 38.1. The van der Waals surface area contributed by atoms with Crippen molar-refractivity contribution in [2.24, 2.45) is 5.41 Å². The molecule has 1 amide bonds. The van der Waals surface area contributed by atoms with Gasteiger partial charge in [0.2, 0.25) is 5.91 Å². The van der Waals surface area contributed by atoms with Gasteiger partial charge >= 0.3 is 0 Å². The van der Waals surface area contributed by atoms with Crippen LogP contribution >= 0.6 is 0 Å². The van der Waals surface area contributed by atoms with Crippen LogP contribution in [-0.2, 0) is 9.53 Å². The van der Waals surface area contributed by atoms with Gasteiger partial charge in [-0.05, 0) is 39.7 Å². The van der Waals surface area contributed by atoms with E-state index in [-0.39, 0.29) is 11.3 Å². The molecule has 0 bridgehead atoms. The summed E-state index contributed by atoms with van der Waals surface area (Å²) in [7, 11) is 0. The number of nitrogens with one attached hydrogen (secondary N) is 2. The van der Waals surface area contributed by atoms with Crippen LogP contribution < -0.4 is 10.6 Å². The van der Waals surface area contributed by atoms with Crippen LogP contribution in [0.2, 0.25) is 0 Å². The van der Waals surface area contributed by atoms with Crippen LogP contribution in [0, 0.1) is 5.41 Å². The molecule has 2 fully saturated rings. The van der Waals surface area contributed by atoms with Gasteiger partial charge in [0.1, 0.15) is 0 Å². The lowest BCUT2D eigenvalue weighted by molar-refractivity contribution is -0.131. The van der Waals surface area contributed by atoms with Crippen molar-refractivity contribution in [1.29, 1.82) is 0 Å². The van der Waals surface area contributed by atoms with Crippen molar-refractivity contribution in [3.63, 3.8) is 0 Å². The van der Waals surface area contributed by atoms with Gasteiger partial charge in [0.05, 0.1) is 11.5 Å². The topological polar surface area (TPSA) is 50.4 Å². The minimum atomic E-state index is -0.198. The van der Waals surface area contributed by atoms with Crippen molar-refractivity contribution in [3.8, 4) is 0 Å². The van der Waals surface area contributed by atoms with E-state index in [0.717, 1.165) is 39.0 Å². The molecule has 0 spiro atoms. The lowest BCUT2D eigenvalue weighted by atomic mass is 9.85. The van der Waals surface area contributed by atoms with Crippen LogP contribution in [-0.4, -0.2) is 37.7 Å². The third kappa shape index (κ3) is 2.38. The van der Waals surface area contributed by atoms with E-state index in [1.807, 2.05) is 13.8 Å². The molecule has 1 unspecified atom stereocenters. The molecule has 4 nitrogen and oxygen atoms in total. The molecule has 1 saturated carbocycles. The van der Waals surface area contributed by atoms with Gasteiger partial charge in [0, 0.05) is 19.2 Å². The van der Waals surface area contributed by atoms with E-state index < -0.39 is 0 Å². The SMILES string of the molecule is CCOC1CC(NC(=O)C2(C)CCNC2)C1. The number of carbonyl (C=O) groups excluding carboxylic acids is 1. The largest absolute Gasteiger partial charge is 0.378 e. The van der Waals surface area contributed by atoms with Crippen LogP contribution in [0.4, 0.5) is 0 Å². The minimum absolute atomic E-state index is 0.198. The Bertz CT molecular complexity index is 256. The minimum Gasteiger partial charge on any atom is -0.378 e. The molecule has 1 atom stereocenters. The highest BCUT2D eigenvalue weighted by molar-refractivity contribution is 5.83. The second-order valence-corrected chi connectivity index (χ2v) is 5.21. The predicted octanol–water partition coefficient (Wildman–Crippen LogP) is 0.670. The van der Waals surface area contributed by atoms with Gasteiger partial charge in [-0.1, -0.05) is 0 Å². The van der Waals surface area contributed by atoms with Gasteiger partial charge in [-0.25, -0.2) is 0 Å². The molecule has 0 aromatic heterocycles. The molecule has 0 aromatic carbocycles. The molecular formula is C12H22N2O2. The van der Waals surface area contributed by atoms with E-state index >= 15 is 0 Å². The fourth-order valence-electron chi connectivity index (χ4n) is 2.43. The molecule has 2 rings (SSSR count). The summed E-state index contributed by atoms with van der Waals surface area (Å²) in [5.41, 5.74) is -0.198. The molecule has 92 valence electrons. The van der Waals surface area contributed by atoms with Gasteiger partial charge in [0.15, 0.2) is 0 Å². The Balaban J connectivity index is 1.73. The third-order valence-corrected chi connectivity index (χ3v) is 3.75. The van der Waals surface area contributed by atoms with E-state index in [0.29, 0.717) is 12.1 Å². The maximum atomic E-state index is 12.0. The number of amides is 1. The zero-order valence-corrected chi connectivity index (χ0v) is 10.2. The van der Waals surface area contributed by atoms with Gasteiger partial charge < -0.3 is 15.4 Å². The summed E-state index contributed by atoms with van der Waals surface area (Å²) in [6, 6.07) is 0.335. The zero-order valence-electron chi connectivity index (χ0n) is 10.2. The van der Waals surface area contributed by atoms with Gasteiger partial charge in [0.25, 0.3) is 0 Å². The summed E-state index contributed by atoms with van der Waals surface area (Å²) in [6.45, 7) is 6.59. The maximum Gasteiger partial charge on any atom is 0.227 e. The fraction of sp³-hybridized carbons (Fsp3) is 0.917. The van der Waals surface area contributed by atoms with E-state index in [1.165, 1.54) is 0 Å². The first-order valence-corrected chi connectivity index (χ1v) is 6.27. The van der Waals surface area contributed by atoms with Crippen LogP contribution in [0.3, 0.4) is 0 Å². The number of rotatable bonds is 4. The third-order valence-electron chi connectivity index (χ3n) is 3.75. The van der Waals surface area contributed by atoms with Crippen molar-refractivity contribution in [1.82, 2.24) is 10.6 Å². The van der Waals surface area contributed by atoms with Crippen molar-refractivity contribution >= 4 is 5.91 Å². The molecular weight excluding hydrogens is 204 g/mol. The van der Waals surface area contributed by atoms with Crippen molar-refractivity contribution in [3.05, 3.63) is 0 Å². The molecule has 1 aliphatic carbocycles. The maximum absolute atomic E-state index is 12.0. The summed E-state index contributed by atoms with van der Waals surface area (Å²) in [6.07, 6.45) is 3.26. The van der Waals surface area contributed by atoms with Crippen LogP contribution in [0.5, 0.6) is 0 Å². The summed E-state index contributed by atoms with van der Waals surface area (Å²) in [4.78, 5) is 12.0. The standard InChI is InChI=1S/C12H22N2O2/c1-3-16-10-6-9(7-10)14-11(15)12(2)4-5-13-8-12/h9-10,13H,3-8H2,1-2H3,(H,14,15). The number of hydrogen-bond acceptors (Lipinski definition) is 3. The van der Waals surface area contributed by atoms with Crippen LogP contribution in [0.1, 0.15) is 33.1 Å². The fourth-order valence-corrected chi connectivity index (χ4v) is 2.43. The highest BCUT2D eigenvalue weighted by Gasteiger charge is 2.39. The molecule has 1 heterocycles. The highest BCUT2D eigenvalue weighted by Crippen LogP contribution is 2.28. The molecule has 4 heteroatoms. The Morgan fingerprint density at radius 2 is 2.31 bits per heavy atom. The van der Waals surface area contributed by atoms with Gasteiger partial charge in [-0.15, -0.1) is 0 Å². The number of hydrogen-bond donors (Lipinski definition) is 2. The quantitative estimate of drug-likeness (QED) is 0.741. The van der Waals surface area contributed by atoms with Crippen molar-refractivity contribution < 1.29 is 9.53 Å². The number of carbonyl (C=O) groups is 1. The van der Waals surface area contributed by atoms with Crippen molar-refractivity contribution in [2.75, 3.05) is 19.7 Å². The monoisotopic (exact) mass is 226 g/mol.